The largest absolute Gasteiger partial charge is 0.373 e. The van der Waals surface area contributed by atoms with Crippen LogP contribution < -0.4 is 5.32 Å². The summed E-state index contributed by atoms with van der Waals surface area (Å²) in [4.78, 5) is 6.77. The monoisotopic (exact) mass is 283 g/mol. The van der Waals surface area contributed by atoms with Crippen LogP contribution in [0.25, 0.3) is 0 Å². The molecule has 0 unspecified atom stereocenters. The van der Waals surface area contributed by atoms with Gasteiger partial charge in [-0.05, 0) is 40.8 Å². The van der Waals surface area contributed by atoms with Crippen LogP contribution in [0.15, 0.2) is 5.38 Å². The van der Waals surface area contributed by atoms with Gasteiger partial charge in [-0.25, -0.2) is 4.98 Å². The van der Waals surface area contributed by atoms with Crippen LogP contribution in [-0.4, -0.2) is 42.2 Å². The molecule has 2 rings (SSSR count). The lowest BCUT2D eigenvalue weighted by Crippen LogP contribution is -2.42. The molecule has 1 aliphatic carbocycles. The first-order valence-electron chi connectivity index (χ1n) is 6.89. The summed E-state index contributed by atoms with van der Waals surface area (Å²) < 4.78 is 5.78. The lowest BCUT2D eigenvalue weighted by molar-refractivity contribution is 0.0263. The number of aromatic nitrogens is 1. The summed E-state index contributed by atoms with van der Waals surface area (Å²) in [6.45, 7) is 6.58. The predicted molar refractivity (Wildman–Crippen MR) is 79.4 cm³/mol. The standard InChI is InChI=1S/C14H25N3OS/c1-14(2,17(3)4)10-18-8-12-9-19-13(16-12)7-15-11-5-6-11/h9,11,15H,5-8,10H2,1-4H3. The van der Waals surface area contributed by atoms with Crippen molar-refractivity contribution in [3.8, 4) is 0 Å². The van der Waals surface area contributed by atoms with Crippen LogP contribution in [0.4, 0.5) is 0 Å². The maximum absolute atomic E-state index is 5.78. The Morgan fingerprint density at radius 3 is 2.84 bits per heavy atom. The second-order valence-corrected chi connectivity index (χ2v) is 7.03. The van der Waals surface area contributed by atoms with Crippen molar-refractivity contribution < 1.29 is 4.74 Å². The number of nitrogens with one attached hydrogen (secondary N) is 1. The highest BCUT2D eigenvalue weighted by Gasteiger charge is 2.21. The van der Waals surface area contributed by atoms with Crippen molar-refractivity contribution in [1.82, 2.24) is 15.2 Å². The molecule has 1 aromatic rings. The van der Waals surface area contributed by atoms with Gasteiger partial charge >= 0.3 is 0 Å². The van der Waals surface area contributed by atoms with Gasteiger partial charge < -0.3 is 15.0 Å². The van der Waals surface area contributed by atoms with E-state index in [0.717, 1.165) is 23.3 Å². The highest BCUT2D eigenvalue weighted by atomic mass is 32.1. The minimum Gasteiger partial charge on any atom is -0.373 e. The zero-order valence-corrected chi connectivity index (χ0v) is 13.2. The average Bonchev–Trinajstić information content (AvgIpc) is 3.06. The van der Waals surface area contributed by atoms with E-state index in [9.17, 15) is 0 Å². The Morgan fingerprint density at radius 2 is 2.21 bits per heavy atom. The van der Waals surface area contributed by atoms with Crippen LogP contribution in [0.1, 0.15) is 37.4 Å². The van der Waals surface area contributed by atoms with E-state index in [1.165, 1.54) is 12.8 Å². The summed E-state index contributed by atoms with van der Waals surface area (Å²) >= 11 is 1.72. The summed E-state index contributed by atoms with van der Waals surface area (Å²) in [6, 6.07) is 0.740. The summed E-state index contributed by atoms with van der Waals surface area (Å²) in [5, 5.41) is 6.75. The molecule has 19 heavy (non-hydrogen) atoms. The average molecular weight is 283 g/mol. The topological polar surface area (TPSA) is 37.4 Å². The molecule has 0 radical (unpaired) electrons. The van der Waals surface area contributed by atoms with Gasteiger partial charge in [-0.2, -0.15) is 0 Å². The molecule has 0 bridgehead atoms. The van der Waals surface area contributed by atoms with E-state index in [1.807, 2.05) is 0 Å². The van der Waals surface area contributed by atoms with Gasteiger partial charge in [0.2, 0.25) is 0 Å². The number of likely N-dealkylation sites (N-methyl/N-ethyl adjacent to an activating group) is 1. The molecule has 5 heteroatoms. The fraction of sp³-hybridized carbons (Fsp3) is 0.786. The molecule has 1 aromatic heterocycles. The van der Waals surface area contributed by atoms with Crippen LogP contribution in [0.2, 0.25) is 0 Å². The maximum Gasteiger partial charge on any atom is 0.107 e. The third-order valence-electron chi connectivity index (χ3n) is 3.63. The smallest absolute Gasteiger partial charge is 0.107 e. The zero-order chi connectivity index (χ0) is 13.9. The predicted octanol–water partition coefficient (Wildman–Crippen LogP) is 2.25. The Balaban J connectivity index is 1.70. The Morgan fingerprint density at radius 1 is 1.47 bits per heavy atom. The molecule has 1 aliphatic rings. The molecule has 1 fully saturated rings. The summed E-state index contributed by atoms with van der Waals surface area (Å²) in [6.07, 6.45) is 2.64. The van der Waals surface area contributed by atoms with Crippen molar-refractivity contribution in [2.75, 3.05) is 20.7 Å². The van der Waals surface area contributed by atoms with Gasteiger partial charge in [0.05, 0.1) is 18.9 Å². The lowest BCUT2D eigenvalue weighted by atomic mass is 10.1. The molecule has 4 nitrogen and oxygen atoms in total. The van der Waals surface area contributed by atoms with Gasteiger partial charge in [0.25, 0.3) is 0 Å². The number of ether oxygens (including phenoxy) is 1. The fourth-order valence-corrected chi connectivity index (χ4v) is 2.28. The number of rotatable bonds is 8. The minimum absolute atomic E-state index is 0.0619. The third kappa shape index (κ3) is 4.84. The summed E-state index contributed by atoms with van der Waals surface area (Å²) in [5.74, 6) is 0. The number of hydrogen-bond donors (Lipinski definition) is 1. The number of nitrogens with zero attached hydrogens (tertiary/aromatic N) is 2. The van der Waals surface area contributed by atoms with Crippen molar-refractivity contribution in [2.24, 2.45) is 0 Å². The SMILES string of the molecule is CN(C)C(C)(C)COCc1csc(CNC2CC2)n1. The van der Waals surface area contributed by atoms with E-state index < -0.39 is 0 Å². The normalized spacial score (nSPS) is 16.3. The molecule has 0 aromatic carbocycles. The van der Waals surface area contributed by atoms with E-state index >= 15 is 0 Å². The van der Waals surface area contributed by atoms with Crippen LogP contribution in [0.3, 0.4) is 0 Å². The van der Waals surface area contributed by atoms with Gasteiger partial charge in [-0.1, -0.05) is 0 Å². The van der Waals surface area contributed by atoms with E-state index in [4.69, 9.17) is 4.74 Å². The Bertz CT molecular complexity index is 399. The minimum atomic E-state index is 0.0619. The Kier molecular flexibility index (Phi) is 4.95. The van der Waals surface area contributed by atoms with Crippen molar-refractivity contribution in [1.29, 1.82) is 0 Å². The molecular formula is C14H25N3OS. The molecule has 1 heterocycles. The number of hydrogen-bond acceptors (Lipinski definition) is 5. The molecule has 108 valence electrons. The van der Waals surface area contributed by atoms with Crippen molar-refractivity contribution in [3.05, 3.63) is 16.1 Å². The number of thiazole rings is 1. The van der Waals surface area contributed by atoms with Gasteiger partial charge in [0.15, 0.2) is 0 Å². The van der Waals surface area contributed by atoms with Gasteiger partial charge in [-0.15, -0.1) is 11.3 Å². The first-order valence-corrected chi connectivity index (χ1v) is 7.77. The lowest BCUT2D eigenvalue weighted by Gasteiger charge is -2.31. The molecular weight excluding hydrogens is 258 g/mol. The molecule has 0 atom stereocenters. The Hall–Kier alpha value is -0.490. The van der Waals surface area contributed by atoms with Crippen LogP contribution in [-0.2, 0) is 17.9 Å². The molecule has 1 N–H and O–H groups in total. The molecule has 0 spiro atoms. The molecule has 1 saturated carbocycles. The second-order valence-electron chi connectivity index (χ2n) is 6.09. The van der Waals surface area contributed by atoms with Crippen LogP contribution in [0, 0.1) is 0 Å². The van der Waals surface area contributed by atoms with E-state index in [0.29, 0.717) is 13.2 Å². The summed E-state index contributed by atoms with van der Waals surface area (Å²) in [5.41, 5.74) is 1.11. The van der Waals surface area contributed by atoms with Crippen molar-refractivity contribution in [2.45, 2.75) is 51.4 Å². The first kappa shape index (κ1) is 14.9. The third-order valence-corrected chi connectivity index (χ3v) is 4.53. The van der Waals surface area contributed by atoms with Crippen molar-refractivity contribution >= 4 is 11.3 Å². The zero-order valence-electron chi connectivity index (χ0n) is 12.4. The van der Waals surface area contributed by atoms with E-state index in [2.05, 4.69) is 48.5 Å². The van der Waals surface area contributed by atoms with Crippen molar-refractivity contribution in [3.63, 3.8) is 0 Å². The Labute approximate surface area is 120 Å². The van der Waals surface area contributed by atoms with Crippen LogP contribution >= 0.6 is 11.3 Å². The first-order chi connectivity index (χ1) is 8.97. The van der Waals surface area contributed by atoms with Gasteiger partial charge in [0.1, 0.15) is 5.01 Å². The van der Waals surface area contributed by atoms with E-state index in [-0.39, 0.29) is 5.54 Å². The molecule has 0 amide bonds. The van der Waals surface area contributed by atoms with E-state index in [1.54, 1.807) is 11.3 Å². The van der Waals surface area contributed by atoms with Gasteiger partial charge in [0, 0.05) is 23.5 Å². The van der Waals surface area contributed by atoms with Gasteiger partial charge in [-0.3, -0.25) is 0 Å². The second kappa shape index (κ2) is 6.31. The molecule has 0 saturated heterocycles. The maximum atomic E-state index is 5.78. The highest BCUT2D eigenvalue weighted by Crippen LogP contribution is 2.20. The van der Waals surface area contributed by atoms with Crippen LogP contribution in [0.5, 0.6) is 0 Å². The summed E-state index contributed by atoms with van der Waals surface area (Å²) in [7, 11) is 4.15. The molecule has 0 aliphatic heterocycles. The highest BCUT2D eigenvalue weighted by molar-refractivity contribution is 7.09. The fourth-order valence-electron chi connectivity index (χ4n) is 1.55. The quantitative estimate of drug-likeness (QED) is 0.794.